The Morgan fingerprint density at radius 3 is 1.67 bits per heavy atom. The van der Waals surface area contributed by atoms with Gasteiger partial charge in [-0.05, 0) is 89.9 Å². The van der Waals surface area contributed by atoms with Crippen LogP contribution in [0.3, 0.4) is 0 Å². The highest BCUT2D eigenvalue weighted by atomic mass is 16.3. The van der Waals surface area contributed by atoms with Gasteiger partial charge in [0.15, 0.2) is 0 Å². The first-order chi connectivity index (χ1) is 29.2. The average molecular weight is 566 g/mol. The van der Waals surface area contributed by atoms with Gasteiger partial charge in [-0.2, -0.15) is 0 Å². The van der Waals surface area contributed by atoms with Gasteiger partial charge in [-0.3, -0.25) is 0 Å². The summed E-state index contributed by atoms with van der Waals surface area (Å²) in [6, 6.07) is -2.91. The van der Waals surface area contributed by atoms with E-state index in [9.17, 15) is 13.7 Å². The summed E-state index contributed by atoms with van der Waals surface area (Å²) in [6.07, 6.45) is 0. The zero-order chi connectivity index (χ0) is 44.9. The number of hydrogen-bond donors (Lipinski definition) is 0. The molecular formula is C42H26O. The molecule has 1 heteroatoms. The second kappa shape index (κ2) is 9.44. The fourth-order valence-corrected chi connectivity index (χ4v) is 5.49. The van der Waals surface area contributed by atoms with Crippen LogP contribution >= 0.6 is 0 Å². The van der Waals surface area contributed by atoms with E-state index in [1.807, 2.05) is 6.07 Å². The number of benzene rings is 8. The minimum absolute atomic E-state index is 0.147. The Morgan fingerprint density at radius 2 is 0.953 bits per heavy atom. The standard InChI is InChI=1S/C42H26O/c1-2-10-30-25-32(22-19-27(30)9-1)42-36-14-5-3-12-34(36)41(35-13-4-6-15-37(35)42)29-20-17-28(18-21-29)31-23-24-40-38(26-31)33-11-7-8-16-39(33)43-40/h1-26H/i1D,2D,3D,4D,5D,6D,9D,10D,12D,13D,14D,15D,17D,18D,19D,20D,21D,22D,25D. The molecule has 1 heterocycles. The van der Waals surface area contributed by atoms with E-state index in [0.717, 1.165) is 5.39 Å². The summed E-state index contributed by atoms with van der Waals surface area (Å²) in [4.78, 5) is 0. The molecule has 200 valence electrons. The topological polar surface area (TPSA) is 13.1 Å². The Morgan fingerprint density at radius 1 is 0.395 bits per heavy atom. The fraction of sp³-hybridized carbons (Fsp3) is 0. The van der Waals surface area contributed by atoms with Gasteiger partial charge in [-0.1, -0.05) is 133 Å². The van der Waals surface area contributed by atoms with Crippen molar-refractivity contribution >= 4 is 54.3 Å². The molecule has 0 atom stereocenters. The lowest BCUT2D eigenvalue weighted by molar-refractivity contribution is 0.669. The van der Waals surface area contributed by atoms with E-state index in [-0.39, 0.29) is 11.1 Å². The lowest BCUT2D eigenvalue weighted by Gasteiger charge is -2.18. The lowest BCUT2D eigenvalue weighted by Crippen LogP contribution is -1.91. The highest BCUT2D eigenvalue weighted by molar-refractivity contribution is 6.21. The van der Waals surface area contributed by atoms with Gasteiger partial charge in [0.25, 0.3) is 0 Å². The Balaban J connectivity index is 1.51. The van der Waals surface area contributed by atoms with Crippen LogP contribution in [0.1, 0.15) is 26.0 Å². The molecule has 0 saturated heterocycles. The lowest BCUT2D eigenvalue weighted by atomic mass is 9.85. The molecular weight excluding hydrogens is 520 g/mol. The molecule has 0 N–H and O–H groups in total. The first-order valence-corrected chi connectivity index (χ1v) is 13.2. The maximum atomic E-state index is 9.45. The van der Waals surface area contributed by atoms with Crippen LogP contribution in [0, 0.1) is 0 Å². The number of hydrogen-bond acceptors (Lipinski definition) is 1. The van der Waals surface area contributed by atoms with Gasteiger partial charge in [0.1, 0.15) is 11.2 Å². The molecule has 8 aromatic carbocycles. The minimum Gasteiger partial charge on any atom is -0.456 e. The quantitative estimate of drug-likeness (QED) is 0.194. The van der Waals surface area contributed by atoms with E-state index in [0.29, 0.717) is 16.6 Å². The van der Waals surface area contributed by atoms with E-state index in [1.54, 1.807) is 36.4 Å². The molecule has 9 rings (SSSR count). The molecule has 9 aromatic rings. The zero-order valence-electron chi connectivity index (χ0n) is 40.9. The van der Waals surface area contributed by atoms with Crippen LogP contribution in [0.4, 0.5) is 0 Å². The number of fused-ring (bicyclic) bond motifs is 6. The van der Waals surface area contributed by atoms with Crippen molar-refractivity contribution in [2.45, 2.75) is 0 Å². The van der Waals surface area contributed by atoms with Gasteiger partial charge in [0.2, 0.25) is 0 Å². The summed E-state index contributed by atoms with van der Waals surface area (Å²) in [6.45, 7) is 0. The third kappa shape index (κ3) is 3.79. The van der Waals surface area contributed by atoms with Crippen molar-refractivity contribution in [1.29, 1.82) is 0 Å². The Kier molecular flexibility index (Phi) is 2.61. The van der Waals surface area contributed by atoms with E-state index in [4.69, 9.17) is 16.8 Å². The number of para-hydroxylation sites is 1. The molecule has 0 aliphatic heterocycles. The summed E-state index contributed by atoms with van der Waals surface area (Å²) in [5, 5.41) is -1.91. The largest absolute Gasteiger partial charge is 0.456 e. The normalized spacial score (nSPS) is 17.9. The summed E-state index contributed by atoms with van der Waals surface area (Å²) in [5.41, 5.74) is -1.12. The van der Waals surface area contributed by atoms with Crippen LogP contribution in [0.2, 0.25) is 0 Å². The molecule has 0 aliphatic rings. The van der Waals surface area contributed by atoms with E-state index in [1.165, 1.54) is 0 Å². The highest BCUT2D eigenvalue weighted by Gasteiger charge is 2.17. The molecule has 0 amide bonds. The molecule has 0 spiro atoms. The van der Waals surface area contributed by atoms with Crippen molar-refractivity contribution in [3.05, 3.63) is 157 Å². The van der Waals surface area contributed by atoms with Crippen LogP contribution in [0.25, 0.3) is 87.6 Å². The number of furan rings is 1. The van der Waals surface area contributed by atoms with Crippen molar-refractivity contribution < 1.29 is 30.5 Å². The first-order valence-electron chi connectivity index (χ1n) is 22.7. The molecule has 0 aliphatic carbocycles. The van der Waals surface area contributed by atoms with Crippen LogP contribution in [0.5, 0.6) is 0 Å². The second-order valence-corrected chi connectivity index (χ2v) is 9.81. The maximum Gasteiger partial charge on any atom is 0.135 e. The van der Waals surface area contributed by atoms with Crippen molar-refractivity contribution in [1.82, 2.24) is 0 Å². The van der Waals surface area contributed by atoms with Crippen molar-refractivity contribution in [2.24, 2.45) is 0 Å². The molecule has 1 nitrogen and oxygen atoms in total. The first kappa shape index (κ1) is 11.9. The summed E-state index contributed by atoms with van der Waals surface area (Å²) < 4.78 is 177. The predicted octanol–water partition coefficient (Wildman–Crippen LogP) is 12.0. The van der Waals surface area contributed by atoms with Gasteiger partial charge >= 0.3 is 0 Å². The van der Waals surface area contributed by atoms with Gasteiger partial charge in [-0.25, -0.2) is 0 Å². The van der Waals surface area contributed by atoms with E-state index in [2.05, 4.69) is 0 Å². The van der Waals surface area contributed by atoms with Crippen LogP contribution in [0.15, 0.2) is 162 Å². The number of rotatable bonds is 3. The van der Waals surface area contributed by atoms with E-state index < -0.39 is 169 Å². The van der Waals surface area contributed by atoms with Crippen LogP contribution < -0.4 is 0 Å². The van der Waals surface area contributed by atoms with Gasteiger partial charge in [-0.15, -0.1) is 0 Å². The molecule has 1 aromatic heterocycles. The molecule has 0 bridgehead atoms. The average Bonchev–Trinajstić information content (AvgIpc) is 3.63. The SMILES string of the molecule is [2H]c1c([2H])c(-c2c3c([2H])c([2H])c([2H])c([2H])c3c(-c3c([2H])c([2H])c4c([2H])c([2H])c([2H])c([2H])c4c3[2H])c3c([2H])c([2H])c([2H])c([2H])c23)c([2H])c([2H])c1-c1ccc2oc3ccccc3c2c1. The maximum absolute atomic E-state index is 9.45. The summed E-state index contributed by atoms with van der Waals surface area (Å²) in [7, 11) is 0. The van der Waals surface area contributed by atoms with Crippen molar-refractivity contribution in [3.8, 4) is 33.4 Å². The predicted molar refractivity (Wildman–Crippen MR) is 183 cm³/mol. The Bertz CT molecular complexity index is 3460. The van der Waals surface area contributed by atoms with Crippen molar-refractivity contribution in [2.75, 3.05) is 0 Å². The second-order valence-electron chi connectivity index (χ2n) is 9.81. The van der Waals surface area contributed by atoms with Gasteiger partial charge in [0, 0.05) is 10.8 Å². The molecule has 0 fully saturated rings. The van der Waals surface area contributed by atoms with Gasteiger partial charge < -0.3 is 4.42 Å². The molecule has 0 unspecified atom stereocenters. The Labute approximate surface area is 275 Å². The molecule has 0 saturated carbocycles. The minimum atomic E-state index is -0.862. The summed E-state index contributed by atoms with van der Waals surface area (Å²) >= 11 is 0. The summed E-state index contributed by atoms with van der Waals surface area (Å²) in [5.74, 6) is 0. The fourth-order valence-electron chi connectivity index (χ4n) is 5.49. The highest BCUT2D eigenvalue weighted by Crippen LogP contribution is 2.44. The van der Waals surface area contributed by atoms with Crippen molar-refractivity contribution in [3.63, 3.8) is 0 Å². The van der Waals surface area contributed by atoms with Gasteiger partial charge in [0.05, 0.1) is 26.0 Å². The smallest absolute Gasteiger partial charge is 0.135 e. The molecule has 43 heavy (non-hydrogen) atoms. The van der Waals surface area contributed by atoms with Crippen LogP contribution in [-0.2, 0) is 0 Å². The van der Waals surface area contributed by atoms with E-state index >= 15 is 0 Å². The molecule has 0 radical (unpaired) electrons. The Hall–Kier alpha value is -5.66. The zero-order valence-corrected chi connectivity index (χ0v) is 21.9. The third-order valence-electron chi connectivity index (χ3n) is 7.42. The third-order valence-corrected chi connectivity index (χ3v) is 7.42. The van der Waals surface area contributed by atoms with Crippen LogP contribution in [-0.4, -0.2) is 0 Å². The monoisotopic (exact) mass is 565 g/mol.